The van der Waals surface area contributed by atoms with Crippen LogP contribution in [0.15, 0.2) is 83.1 Å². The van der Waals surface area contributed by atoms with E-state index < -0.39 is 4.92 Å². The number of hydrazone groups is 1. The number of carbonyl (C=O) groups excluding carboxylic acids is 1. The second-order valence-corrected chi connectivity index (χ2v) is 10.9. The van der Waals surface area contributed by atoms with Crippen LogP contribution in [0.2, 0.25) is 0 Å². The lowest BCUT2D eigenvalue weighted by molar-refractivity contribution is -0.384. The number of hydrogen-bond donors (Lipinski definition) is 1. The number of aromatic nitrogens is 3. The fourth-order valence-corrected chi connectivity index (χ4v) is 4.60. The Morgan fingerprint density at radius 1 is 1.07 bits per heavy atom. The molecule has 0 aliphatic carbocycles. The zero-order valence-electron chi connectivity index (χ0n) is 22.9. The molecule has 4 aromatic rings. The van der Waals surface area contributed by atoms with Crippen LogP contribution >= 0.6 is 11.8 Å². The van der Waals surface area contributed by atoms with Crippen LogP contribution in [0.4, 0.5) is 5.69 Å². The van der Waals surface area contributed by atoms with Crippen LogP contribution in [0.1, 0.15) is 38.8 Å². The predicted octanol–water partition coefficient (Wildman–Crippen LogP) is 5.78. The number of methoxy groups -OCH3 is 1. The molecule has 1 heterocycles. The highest BCUT2D eigenvalue weighted by Gasteiger charge is 2.19. The van der Waals surface area contributed by atoms with E-state index in [1.807, 2.05) is 41.0 Å². The highest BCUT2D eigenvalue weighted by atomic mass is 32.2. The molecular weight excluding hydrogens is 528 g/mol. The van der Waals surface area contributed by atoms with Gasteiger partial charge in [0.15, 0.2) is 11.0 Å². The summed E-state index contributed by atoms with van der Waals surface area (Å²) in [5.74, 6) is 1.05. The van der Waals surface area contributed by atoms with E-state index in [0.29, 0.717) is 22.3 Å². The monoisotopic (exact) mass is 558 g/mol. The zero-order chi connectivity index (χ0) is 28.9. The number of rotatable bonds is 9. The van der Waals surface area contributed by atoms with Crippen molar-refractivity contribution in [1.82, 2.24) is 20.2 Å². The number of thioether (sulfide) groups is 1. The average Bonchev–Trinajstić information content (AvgIpc) is 3.38. The summed E-state index contributed by atoms with van der Waals surface area (Å²) in [5, 5.41) is 24.5. The molecule has 3 aromatic carbocycles. The maximum Gasteiger partial charge on any atom is 0.270 e. The van der Waals surface area contributed by atoms with Crippen LogP contribution in [-0.2, 0) is 10.2 Å². The molecule has 10 nitrogen and oxygen atoms in total. The number of nitrogens with one attached hydrogen (secondary N) is 1. The molecule has 11 heteroatoms. The third-order valence-corrected chi connectivity index (χ3v) is 7.06. The first-order valence-electron chi connectivity index (χ1n) is 12.5. The van der Waals surface area contributed by atoms with Gasteiger partial charge in [0.2, 0.25) is 0 Å². The molecule has 0 bridgehead atoms. The first kappa shape index (κ1) is 28.5. The van der Waals surface area contributed by atoms with Gasteiger partial charge in [0.05, 0.1) is 23.5 Å². The Morgan fingerprint density at radius 3 is 2.40 bits per heavy atom. The number of carbonyl (C=O) groups is 1. The molecule has 206 valence electrons. The molecule has 40 heavy (non-hydrogen) atoms. The van der Waals surface area contributed by atoms with E-state index in [4.69, 9.17) is 4.74 Å². The number of ether oxygens (including phenoxy) is 1. The standard InChI is InChI=1S/C29H30N6O4S/c1-19(21-7-6-8-24(17-21)35(37)38)30-31-26(36)18-40-28-33-32-27(20-9-11-22(12-10-20)29(2,3)4)34(28)23-13-15-25(39-5)16-14-23/h6-17H,18H2,1-5H3,(H,31,36)/b30-19+. The molecule has 0 aliphatic heterocycles. The van der Waals surface area contributed by atoms with Gasteiger partial charge in [-0.1, -0.05) is 68.9 Å². The molecule has 1 aromatic heterocycles. The smallest absolute Gasteiger partial charge is 0.270 e. The van der Waals surface area contributed by atoms with Gasteiger partial charge >= 0.3 is 0 Å². The van der Waals surface area contributed by atoms with Crippen LogP contribution < -0.4 is 10.2 Å². The first-order chi connectivity index (χ1) is 19.1. The fourth-order valence-electron chi connectivity index (χ4n) is 3.85. The summed E-state index contributed by atoms with van der Waals surface area (Å²) >= 11 is 1.22. The minimum atomic E-state index is -0.474. The van der Waals surface area contributed by atoms with E-state index in [1.54, 1.807) is 26.2 Å². The topological polar surface area (TPSA) is 125 Å². The van der Waals surface area contributed by atoms with E-state index in [0.717, 1.165) is 17.0 Å². The summed E-state index contributed by atoms with van der Waals surface area (Å²) < 4.78 is 7.21. The molecule has 0 spiro atoms. The molecule has 0 atom stereocenters. The summed E-state index contributed by atoms with van der Waals surface area (Å²) in [6, 6.07) is 21.8. The highest BCUT2D eigenvalue weighted by molar-refractivity contribution is 7.99. The van der Waals surface area contributed by atoms with E-state index >= 15 is 0 Å². The Morgan fingerprint density at radius 2 is 1.77 bits per heavy atom. The Kier molecular flexibility index (Phi) is 8.64. The third-order valence-electron chi connectivity index (χ3n) is 6.13. The summed E-state index contributed by atoms with van der Waals surface area (Å²) in [5.41, 5.74) is 6.41. The molecule has 0 fully saturated rings. The van der Waals surface area contributed by atoms with Crippen molar-refractivity contribution in [1.29, 1.82) is 0 Å². The van der Waals surface area contributed by atoms with Gasteiger partial charge in [-0.25, -0.2) is 5.43 Å². The average molecular weight is 559 g/mol. The lowest BCUT2D eigenvalue weighted by Gasteiger charge is -2.19. The minimum absolute atomic E-state index is 0.0205. The second kappa shape index (κ2) is 12.1. The SMILES string of the molecule is COc1ccc(-n2c(SCC(=O)N/N=C(\C)c3cccc([N+](=O)[O-])c3)nnc2-c2ccc(C(C)(C)C)cc2)cc1. The van der Waals surface area contributed by atoms with E-state index in [-0.39, 0.29) is 22.8 Å². The van der Waals surface area contributed by atoms with Gasteiger partial charge in [-0.15, -0.1) is 10.2 Å². The Labute approximate surface area is 236 Å². The molecule has 1 N–H and O–H groups in total. The number of nitro groups is 1. The van der Waals surface area contributed by atoms with Crippen molar-refractivity contribution in [3.8, 4) is 22.8 Å². The van der Waals surface area contributed by atoms with Crippen LogP contribution in [0.5, 0.6) is 5.75 Å². The number of hydrogen-bond acceptors (Lipinski definition) is 8. The number of nitro benzene ring substituents is 1. The quantitative estimate of drug-likeness (QED) is 0.119. The van der Waals surface area contributed by atoms with Crippen LogP contribution in [-0.4, -0.2) is 44.2 Å². The van der Waals surface area contributed by atoms with Crippen molar-refractivity contribution in [3.05, 3.63) is 94.0 Å². The Bertz CT molecular complexity index is 1540. The van der Waals surface area contributed by atoms with Gasteiger partial charge in [-0.05, 0) is 42.2 Å². The molecule has 0 saturated carbocycles. The summed E-state index contributed by atoms with van der Waals surface area (Å²) in [6.45, 7) is 8.16. The van der Waals surface area contributed by atoms with Crippen molar-refractivity contribution in [2.75, 3.05) is 12.9 Å². The molecular formula is C29H30N6O4S. The van der Waals surface area contributed by atoms with Crippen molar-refractivity contribution >= 4 is 29.1 Å². The minimum Gasteiger partial charge on any atom is -0.497 e. The number of nitrogens with zero attached hydrogens (tertiary/aromatic N) is 5. The van der Waals surface area contributed by atoms with Gasteiger partial charge in [-0.2, -0.15) is 5.10 Å². The third kappa shape index (κ3) is 6.73. The van der Waals surface area contributed by atoms with Crippen LogP contribution in [0.3, 0.4) is 0 Å². The highest BCUT2D eigenvalue weighted by Crippen LogP contribution is 2.30. The maximum absolute atomic E-state index is 12.6. The Balaban J connectivity index is 1.55. The van der Waals surface area contributed by atoms with E-state index in [9.17, 15) is 14.9 Å². The Hall–Kier alpha value is -4.51. The van der Waals surface area contributed by atoms with Crippen LogP contribution in [0.25, 0.3) is 17.1 Å². The van der Waals surface area contributed by atoms with Crippen molar-refractivity contribution in [2.45, 2.75) is 38.3 Å². The summed E-state index contributed by atoms with van der Waals surface area (Å²) in [4.78, 5) is 23.2. The van der Waals surface area contributed by atoms with Crippen molar-refractivity contribution in [2.24, 2.45) is 5.10 Å². The number of non-ortho nitro benzene ring substituents is 1. The lowest BCUT2D eigenvalue weighted by Crippen LogP contribution is -2.21. The van der Waals surface area contributed by atoms with Gasteiger partial charge in [0.25, 0.3) is 11.6 Å². The van der Waals surface area contributed by atoms with Gasteiger partial charge in [-0.3, -0.25) is 19.5 Å². The largest absolute Gasteiger partial charge is 0.497 e. The summed E-state index contributed by atoms with van der Waals surface area (Å²) in [6.07, 6.45) is 0. The van der Waals surface area contributed by atoms with Crippen LogP contribution in [0, 0.1) is 10.1 Å². The predicted molar refractivity (Wildman–Crippen MR) is 156 cm³/mol. The fraction of sp³-hybridized carbons (Fsp3) is 0.241. The van der Waals surface area contributed by atoms with E-state index in [1.165, 1.54) is 29.5 Å². The van der Waals surface area contributed by atoms with Gasteiger partial charge in [0, 0.05) is 28.9 Å². The van der Waals surface area contributed by atoms with Gasteiger partial charge in [0.1, 0.15) is 5.75 Å². The molecule has 0 unspecified atom stereocenters. The molecule has 4 rings (SSSR count). The van der Waals surface area contributed by atoms with Crippen molar-refractivity contribution in [3.63, 3.8) is 0 Å². The molecule has 0 aliphatic rings. The molecule has 1 amide bonds. The molecule has 0 saturated heterocycles. The molecule has 0 radical (unpaired) electrons. The lowest BCUT2D eigenvalue weighted by atomic mass is 9.87. The van der Waals surface area contributed by atoms with Gasteiger partial charge < -0.3 is 4.74 Å². The zero-order valence-corrected chi connectivity index (χ0v) is 23.7. The second-order valence-electron chi connectivity index (χ2n) is 10.00. The number of benzene rings is 3. The normalized spacial score (nSPS) is 11.8. The van der Waals surface area contributed by atoms with E-state index in [2.05, 4.69) is 53.6 Å². The van der Waals surface area contributed by atoms with Crippen molar-refractivity contribution < 1.29 is 14.5 Å². The first-order valence-corrected chi connectivity index (χ1v) is 13.5. The maximum atomic E-state index is 12.6. The summed E-state index contributed by atoms with van der Waals surface area (Å²) in [7, 11) is 1.61. The number of amides is 1.